The molecule has 0 radical (unpaired) electrons. The fourth-order valence-electron chi connectivity index (χ4n) is 4.50. The van der Waals surface area contributed by atoms with Gasteiger partial charge in [0.25, 0.3) is 0 Å². The van der Waals surface area contributed by atoms with Crippen molar-refractivity contribution in [2.75, 3.05) is 27.2 Å². The molecular formula is C29H34N4O2. The van der Waals surface area contributed by atoms with Crippen molar-refractivity contribution >= 4 is 17.9 Å². The molecule has 1 aliphatic heterocycles. The zero-order chi connectivity index (χ0) is 24.9. The number of carbonyl (C=O) groups excluding carboxylic acids is 2. The van der Waals surface area contributed by atoms with Crippen LogP contribution in [0.1, 0.15) is 35.1 Å². The Balaban J connectivity index is 1.54. The standard InChI is InChI=1S/C29H34N4O2/c1-21-10-11-25(18-22(21)2)28-26(20-33(30-28)19-23-8-6-5-7-9-23)12-13-27(34)32-16-14-24(15-17-32)29(35)31(3)4/h5-13,18,20,24H,14-17,19H2,1-4H3/b13-12+. The molecule has 2 aromatic carbocycles. The summed E-state index contributed by atoms with van der Waals surface area (Å²) in [6.07, 6.45) is 6.93. The molecule has 1 aliphatic rings. The molecule has 35 heavy (non-hydrogen) atoms. The number of likely N-dealkylation sites (tertiary alicyclic amines) is 1. The van der Waals surface area contributed by atoms with Gasteiger partial charge in [0.05, 0.1) is 12.2 Å². The van der Waals surface area contributed by atoms with Crippen LogP contribution in [-0.4, -0.2) is 58.6 Å². The van der Waals surface area contributed by atoms with Crippen molar-refractivity contribution in [1.29, 1.82) is 0 Å². The van der Waals surface area contributed by atoms with Gasteiger partial charge < -0.3 is 9.80 Å². The third-order valence-electron chi connectivity index (χ3n) is 6.76. The molecule has 0 saturated carbocycles. The predicted octanol–water partition coefficient (Wildman–Crippen LogP) is 4.56. The average Bonchev–Trinajstić information content (AvgIpc) is 3.26. The van der Waals surface area contributed by atoms with Gasteiger partial charge in [-0.1, -0.05) is 42.5 Å². The van der Waals surface area contributed by atoms with E-state index in [1.54, 1.807) is 25.1 Å². The highest BCUT2D eigenvalue weighted by Crippen LogP contribution is 2.26. The highest BCUT2D eigenvalue weighted by atomic mass is 16.2. The highest BCUT2D eigenvalue weighted by molar-refractivity contribution is 5.93. The second-order valence-corrected chi connectivity index (χ2v) is 9.58. The van der Waals surface area contributed by atoms with Crippen molar-refractivity contribution in [3.63, 3.8) is 0 Å². The molecule has 0 unspecified atom stereocenters. The van der Waals surface area contributed by atoms with Gasteiger partial charge in [-0.05, 0) is 55.5 Å². The molecule has 0 bridgehead atoms. The van der Waals surface area contributed by atoms with E-state index in [-0.39, 0.29) is 17.7 Å². The molecule has 0 N–H and O–H groups in total. The van der Waals surface area contributed by atoms with Crippen LogP contribution in [0.4, 0.5) is 0 Å². The largest absolute Gasteiger partial charge is 0.349 e. The summed E-state index contributed by atoms with van der Waals surface area (Å²) in [6, 6.07) is 16.6. The van der Waals surface area contributed by atoms with E-state index < -0.39 is 0 Å². The van der Waals surface area contributed by atoms with Gasteiger partial charge in [0.15, 0.2) is 0 Å². The Morgan fingerprint density at radius 2 is 1.74 bits per heavy atom. The first-order valence-corrected chi connectivity index (χ1v) is 12.2. The van der Waals surface area contributed by atoms with E-state index in [2.05, 4.69) is 44.2 Å². The van der Waals surface area contributed by atoms with Gasteiger partial charge in [0, 0.05) is 56.5 Å². The van der Waals surface area contributed by atoms with Gasteiger partial charge in [0.1, 0.15) is 0 Å². The van der Waals surface area contributed by atoms with Crippen LogP contribution >= 0.6 is 0 Å². The number of nitrogens with zero attached hydrogens (tertiary/aromatic N) is 4. The maximum Gasteiger partial charge on any atom is 0.246 e. The third-order valence-corrected chi connectivity index (χ3v) is 6.76. The smallest absolute Gasteiger partial charge is 0.246 e. The van der Waals surface area contributed by atoms with Crippen LogP contribution in [0, 0.1) is 19.8 Å². The lowest BCUT2D eigenvalue weighted by Gasteiger charge is -2.31. The summed E-state index contributed by atoms with van der Waals surface area (Å²) in [6.45, 7) is 6.06. The molecule has 6 heteroatoms. The SMILES string of the molecule is Cc1ccc(-c2nn(Cc3ccccc3)cc2/C=C/C(=O)N2CCC(C(=O)N(C)C)CC2)cc1C. The second kappa shape index (κ2) is 10.7. The lowest BCUT2D eigenvalue weighted by atomic mass is 9.95. The number of benzene rings is 2. The first-order chi connectivity index (χ1) is 16.8. The molecule has 1 aromatic heterocycles. The van der Waals surface area contributed by atoms with Crippen LogP contribution in [0.5, 0.6) is 0 Å². The van der Waals surface area contributed by atoms with Gasteiger partial charge in [-0.25, -0.2) is 0 Å². The van der Waals surface area contributed by atoms with Crippen molar-refractivity contribution in [1.82, 2.24) is 19.6 Å². The number of aryl methyl sites for hydroxylation is 2. The Morgan fingerprint density at radius 3 is 2.40 bits per heavy atom. The Hall–Kier alpha value is -3.67. The summed E-state index contributed by atoms with van der Waals surface area (Å²) in [5.74, 6) is 0.129. The van der Waals surface area contributed by atoms with Crippen molar-refractivity contribution in [3.05, 3.63) is 83.1 Å². The summed E-state index contributed by atoms with van der Waals surface area (Å²) in [5, 5.41) is 4.88. The highest BCUT2D eigenvalue weighted by Gasteiger charge is 2.27. The van der Waals surface area contributed by atoms with Crippen LogP contribution in [0.25, 0.3) is 17.3 Å². The van der Waals surface area contributed by atoms with Gasteiger partial charge >= 0.3 is 0 Å². The van der Waals surface area contributed by atoms with Crippen molar-refractivity contribution in [2.45, 2.75) is 33.2 Å². The van der Waals surface area contributed by atoms with Gasteiger partial charge in [-0.3, -0.25) is 14.3 Å². The maximum absolute atomic E-state index is 12.9. The summed E-state index contributed by atoms with van der Waals surface area (Å²) in [5.41, 5.74) is 6.43. The van der Waals surface area contributed by atoms with Crippen molar-refractivity contribution in [2.24, 2.45) is 5.92 Å². The molecule has 0 spiro atoms. The Bertz CT molecular complexity index is 1220. The van der Waals surface area contributed by atoms with E-state index in [1.807, 2.05) is 40.1 Å². The van der Waals surface area contributed by atoms with Crippen molar-refractivity contribution < 1.29 is 9.59 Å². The summed E-state index contributed by atoms with van der Waals surface area (Å²) in [4.78, 5) is 28.7. The fraction of sp³-hybridized carbons (Fsp3) is 0.345. The summed E-state index contributed by atoms with van der Waals surface area (Å²) in [7, 11) is 3.57. The minimum absolute atomic E-state index is 0.00521. The van der Waals surface area contributed by atoms with Gasteiger partial charge in [0.2, 0.25) is 11.8 Å². The topological polar surface area (TPSA) is 58.4 Å². The fourth-order valence-corrected chi connectivity index (χ4v) is 4.50. The molecule has 4 rings (SSSR count). The molecular weight excluding hydrogens is 436 g/mol. The maximum atomic E-state index is 12.9. The zero-order valence-electron chi connectivity index (χ0n) is 21.1. The molecule has 1 fully saturated rings. The first-order valence-electron chi connectivity index (χ1n) is 12.2. The van der Waals surface area contributed by atoms with E-state index in [1.165, 1.54) is 16.7 Å². The number of hydrogen-bond donors (Lipinski definition) is 0. The monoisotopic (exact) mass is 470 g/mol. The Labute approximate surface area is 207 Å². The normalized spacial score (nSPS) is 14.5. The molecule has 3 aromatic rings. The summed E-state index contributed by atoms with van der Waals surface area (Å²) >= 11 is 0. The van der Waals surface area contributed by atoms with Crippen molar-refractivity contribution in [3.8, 4) is 11.3 Å². The first kappa shape index (κ1) is 24.5. The lowest BCUT2D eigenvalue weighted by Crippen LogP contribution is -2.42. The predicted molar refractivity (Wildman–Crippen MR) is 140 cm³/mol. The van der Waals surface area contributed by atoms with Crippen LogP contribution in [0.15, 0.2) is 60.8 Å². The molecule has 0 atom stereocenters. The van der Waals surface area contributed by atoms with Crippen LogP contribution in [0.3, 0.4) is 0 Å². The molecule has 2 heterocycles. The van der Waals surface area contributed by atoms with E-state index in [0.717, 1.165) is 16.8 Å². The third kappa shape index (κ3) is 5.88. The van der Waals surface area contributed by atoms with E-state index in [0.29, 0.717) is 32.5 Å². The number of hydrogen-bond acceptors (Lipinski definition) is 3. The number of amides is 2. The number of rotatable bonds is 6. The molecule has 2 amide bonds. The van der Waals surface area contributed by atoms with Crippen LogP contribution < -0.4 is 0 Å². The quantitative estimate of drug-likeness (QED) is 0.497. The number of piperidine rings is 1. The van der Waals surface area contributed by atoms with Gasteiger partial charge in [-0.15, -0.1) is 0 Å². The molecule has 1 saturated heterocycles. The van der Waals surface area contributed by atoms with E-state index >= 15 is 0 Å². The van der Waals surface area contributed by atoms with E-state index in [4.69, 9.17) is 5.10 Å². The van der Waals surface area contributed by atoms with Gasteiger partial charge in [-0.2, -0.15) is 5.10 Å². The van der Waals surface area contributed by atoms with Crippen LogP contribution in [0.2, 0.25) is 0 Å². The minimum Gasteiger partial charge on any atom is -0.349 e. The zero-order valence-corrected chi connectivity index (χ0v) is 21.1. The van der Waals surface area contributed by atoms with E-state index in [9.17, 15) is 9.59 Å². The Kier molecular flexibility index (Phi) is 7.49. The van der Waals surface area contributed by atoms with Crippen LogP contribution in [-0.2, 0) is 16.1 Å². The minimum atomic E-state index is -0.0254. The molecule has 6 nitrogen and oxygen atoms in total. The summed E-state index contributed by atoms with van der Waals surface area (Å²) < 4.78 is 1.93. The second-order valence-electron chi connectivity index (χ2n) is 9.58. The Morgan fingerprint density at radius 1 is 1.03 bits per heavy atom. The number of carbonyl (C=O) groups is 2. The number of aromatic nitrogens is 2. The average molecular weight is 471 g/mol. The lowest BCUT2D eigenvalue weighted by molar-refractivity contribution is -0.137. The molecule has 0 aliphatic carbocycles. The molecule has 182 valence electrons.